The van der Waals surface area contributed by atoms with Gasteiger partial charge in [0, 0.05) is 16.3 Å². The van der Waals surface area contributed by atoms with Crippen LogP contribution in [0.3, 0.4) is 0 Å². The Balaban J connectivity index is 1.51. The molecule has 1 aromatic heterocycles. The Morgan fingerprint density at radius 3 is 2.47 bits per heavy atom. The van der Waals surface area contributed by atoms with E-state index < -0.39 is 0 Å². The van der Waals surface area contributed by atoms with E-state index in [4.69, 9.17) is 9.47 Å². The minimum absolute atomic E-state index is 0.330. The first-order chi connectivity index (χ1) is 14.7. The molecule has 3 aromatic carbocycles. The first-order valence-corrected chi connectivity index (χ1v) is 10.6. The lowest BCUT2D eigenvalue weighted by molar-refractivity contribution is 0.0530. The second-order valence-electron chi connectivity index (χ2n) is 6.60. The number of carbonyl (C=O) groups is 1. The topological polar surface area (TPSA) is 47.9 Å². The second-order valence-corrected chi connectivity index (χ2v) is 7.63. The van der Waals surface area contributed by atoms with Crippen LogP contribution >= 0.6 is 11.3 Å². The normalized spacial score (nSPS) is 11.1. The Morgan fingerprint density at radius 2 is 1.70 bits per heavy atom. The molecule has 150 valence electrons. The summed E-state index contributed by atoms with van der Waals surface area (Å²) in [6, 6.07) is 25.6. The second kappa shape index (κ2) is 9.37. The number of benzene rings is 3. The highest BCUT2D eigenvalue weighted by molar-refractivity contribution is 7.23. The molecule has 30 heavy (non-hydrogen) atoms. The molecule has 0 bridgehead atoms. The fourth-order valence-electron chi connectivity index (χ4n) is 3.05. The predicted octanol–water partition coefficient (Wildman–Crippen LogP) is 6.41. The van der Waals surface area contributed by atoms with Crippen molar-refractivity contribution < 1.29 is 14.3 Å². The highest BCUT2D eigenvalue weighted by atomic mass is 32.1. The van der Waals surface area contributed by atoms with Crippen molar-refractivity contribution in [2.24, 2.45) is 4.99 Å². The predicted molar refractivity (Wildman–Crippen MR) is 122 cm³/mol. The molecule has 0 atom stereocenters. The van der Waals surface area contributed by atoms with Gasteiger partial charge in [-0.15, -0.1) is 11.3 Å². The molecule has 0 aliphatic heterocycles. The Bertz CT molecular complexity index is 1160. The number of hydrogen-bond acceptors (Lipinski definition) is 5. The molecule has 5 heteroatoms. The molecule has 1 heterocycles. The minimum Gasteiger partial charge on any atom is -0.489 e. The molecular weight excluding hydrogens is 394 g/mol. The molecule has 0 saturated heterocycles. The van der Waals surface area contributed by atoms with Crippen molar-refractivity contribution in [3.8, 4) is 5.75 Å². The molecule has 0 radical (unpaired) electrons. The molecule has 0 saturated carbocycles. The summed E-state index contributed by atoms with van der Waals surface area (Å²) < 4.78 is 12.1. The van der Waals surface area contributed by atoms with Crippen molar-refractivity contribution in [1.29, 1.82) is 0 Å². The maximum atomic E-state index is 12.5. The van der Waals surface area contributed by atoms with Crippen LogP contribution in [0.2, 0.25) is 0 Å². The molecule has 0 N–H and O–H groups in total. The molecule has 4 nitrogen and oxygen atoms in total. The first kappa shape index (κ1) is 19.9. The van der Waals surface area contributed by atoms with Gasteiger partial charge in [0.2, 0.25) is 0 Å². The molecule has 0 aliphatic carbocycles. The van der Waals surface area contributed by atoms with Crippen molar-refractivity contribution in [2.75, 3.05) is 6.61 Å². The van der Waals surface area contributed by atoms with Gasteiger partial charge >= 0.3 is 5.97 Å². The van der Waals surface area contributed by atoms with Crippen LogP contribution in [-0.4, -0.2) is 18.8 Å². The molecular formula is C25H21NO3S. The van der Waals surface area contributed by atoms with Gasteiger partial charge in [-0.25, -0.2) is 9.79 Å². The molecule has 0 spiro atoms. The maximum absolute atomic E-state index is 12.5. The quantitative estimate of drug-likeness (QED) is 0.259. The monoisotopic (exact) mass is 415 g/mol. The zero-order valence-corrected chi connectivity index (χ0v) is 17.4. The van der Waals surface area contributed by atoms with Crippen LogP contribution in [0.25, 0.3) is 10.1 Å². The SMILES string of the molecule is CCOC(=O)c1c(N=Cc2ccc(OCc3ccccc3)cc2)sc2ccccc12. The number of carbonyl (C=O) groups excluding carboxylic acids is 1. The largest absolute Gasteiger partial charge is 0.489 e. The summed E-state index contributed by atoms with van der Waals surface area (Å²) in [6.45, 7) is 2.66. The first-order valence-electron chi connectivity index (χ1n) is 9.74. The zero-order chi connectivity index (χ0) is 20.8. The van der Waals surface area contributed by atoms with Crippen molar-refractivity contribution in [3.05, 3.63) is 95.6 Å². The van der Waals surface area contributed by atoms with Gasteiger partial charge in [0.25, 0.3) is 0 Å². The van der Waals surface area contributed by atoms with E-state index in [1.807, 2.05) is 78.9 Å². The van der Waals surface area contributed by atoms with Crippen LogP contribution in [0.5, 0.6) is 5.75 Å². The number of rotatable bonds is 7. The molecule has 4 aromatic rings. The zero-order valence-electron chi connectivity index (χ0n) is 16.6. The number of ether oxygens (including phenoxy) is 2. The Kier molecular flexibility index (Phi) is 6.20. The van der Waals surface area contributed by atoms with Crippen LogP contribution in [-0.2, 0) is 11.3 Å². The minimum atomic E-state index is -0.341. The summed E-state index contributed by atoms with van der Waals surface area (Å²) in [4.78, 5) is 17.1. The highest BCUT2D eigenvalue weighted by Gasteiger charge is 2.19. The Labute approximate surface area is 179 Å². The summed E-state index contributed by atoms with van der Waals surface area (Å²) >= 11 is 1.48. The number of fused-ring (bicyclic) bond motifs is 1. The third kappa shape index (κ3) is 4.58. The van der Waals surface area contributed by atoms with Gasteiger partial charge < -0.3 is 9.47 Å². The maximum Gasteiger partial charge on any atom is 0.341 e. The van der Waals surface area contributed by atoms with Gasteiger partial charge in [0.1, 0.15) is 22.9 Å². The third-order valence-electron chi connectivity index (χ3n) is 4.52. The standard InChI is InChI=1S/C25H21NO3S/c1-2-28-25(27)23-21-10-6-7-11-22(21)30-24(23)26-16-18-12-14-20(15-13-18)29-17-19-8-4-3-5-9-19/h3-16H,2,17H2,1H3. The van der Waals surface area contributed by atoms with E-state index in [0.717, 1.165) is 27.0 Å². The van der Waals surface area contributed by atoms with E-state index in [1.54, 1.807) is 13.1 Å². The molecule has 0 aliphatic rings. The van der Waals surface area contributed by atoms with Crippen LogP contribution in [0, 0.1) is 0 Å². The van der Waals surface area contributed by atoms with Gasteiger partial charge in [0.15, 0.2) is 0 Å². The van der Waals surface area contributed by atoms with E-state index in [-0.39, 0.29) is 5.97 Å². The van der Waals surface area contributed by atoms with Crippen LogP contribution in [0.15, 0.2) is 83.9 Å². The number of aliphatic imine (C=N–C) groups is 1. The number of thiophene rings is 1. The molecule has 0 amide bonds. The van der Waals surface area contributed by atoms with Gasteiger partial charge in [-0.3, -0.25) is 0 Å². The lowest BCUT2D eigenvalue weighted by Gasteiger charge is -2.06. The van der Waals surface area contributed by atoms with E-state index in [1.165, 1.54) is 11.3 Å². The fourth-order valence-corrected chi connectivity index (χ4v) is 4.08. The summed E-state index contributed by atoms with van der Waals surface area (Å²) in [7, 11) is 0. The number of nitrogens with zero attached hydrogens (tertiary/aromatic N) is 1. The number of hydrogen-bond donors (Lipinski definition) is 0. The van der Waals surface area contributed by atoms with E-state index >= 15 is 0 Å². The fraction of sp³-hybridized carbons (Fsp3) is 0.120. The molecule has 4 rings (SSSR count). The van der Waals surface area contributed by atoms with E-state index in [9.17, 15) is 4.79 Å². The average Bonchev–Trinajstić information content (AvgIpc) is 3.16. The van der Waals surface area contributed by atoms with Gasteiger partial charge in [0.05, 0.1) is 6.61 Å². The Morgan fingerprint density at radius 1 is 0.967 bits per heavy atom. The van der Waals surface area contributed by atoms with Crippen molar-refractivity contribution in [3.63, 3.8) is 0 Å². The van der Waals surface area contributed by atoms with E-state index in [0.29, 0.717) is 23.8 Å². The lowest BCUT2D eigenvalue weighted by Crippen LogP contribution is -2.03. The summed E-state index contributed by atoms with van der Waals surface area (Å²) in [5.74, 6) is 0.455. The lowest BCUT2D eigenvalue weighted by atomic mass is 10.1. The van der Waals surface area contributed by atoms with E-state index in [2.05, 4.69) is 4.99 Å². The van der Waals surface area contributed by atoms with Gasteiger partial charge in [-0.1, -0.05) is 48.5 Å². The smallest absolute Gasteiger partial charge is 0.341 e. The van der Waals surface area contributed by atoms with Crippen LogP contribution in [0.4, 0.5) is 5.00 Å². The number of esters is 1. The summed E-state index contributed by atoms with van der Waals surface area (Å²) in [6.07, 6.45) is 1.76. The van der Waals surface area contributed by atoms with Gasteiger partial charge in [-0.2, -0.15) is 0 Å². The molecule has 0 unspecified atom stereocenters. The van der Waals surface area contributed by atoms with Crippen molar-refractivity contribution in [2.45, 2.75) is 13.5 Å². The Hall–Kier alpha value is -3.44. The summed E-state index contributed by atoms with van der Waals surface area (Å²) in [5, 5.41) is 1.52. The highest BCUT2D eigenvalue weighted by Crippen LogP contribution is 2.38. The van der Waals surface area contributed by atoms with Crippen LogP contribution < -0.4 is 4.74 Å². The summed E-state index contributed by atoms with van der Waals surface area (Å²) in [5.41, 5.74) is 2.57. The van der Waals surface area contributed by atoms with Crippen molar-refractivity contribution in [1.82, 2.24) is 0 Å². The van der Waals surface area contributed by atoms with Gasteiger partial charge in [-0.05, 0) is 48.4 Å². The average molecular weight is 416 g/mol. The van der Waals surface area contributed by atoms with Crippen LogP contribution in [0.1, 0.15) is 28.4 Å². The third-order valence-corrected chi connectivity index (χ3v) is 5.59. The molecule has 0 fully saturated rings. The van der Waals surface area contributed by atoms with Crippen molar-refractivity contribution >= 4 is 38.6 Å².